The summed E-state index contributed by atoms with van der Waals surface area (Å²) in [5.41, 5.74) is 6.19. The van der Waals surface area contributed by atoms with Crippen LogP contribution in [-0.2, 0) is 4.79 Å². The van der Waals surface area contributed by atoms with Crippen molar-refractivity contribution in [2.75, 3.05) is 43.4 Å². The summed E-state index contributed by atoms with van der Waals surface area (Å²) in [6.07, 6.45) is 3.83. The zero-order valence-electron chi connectivity index (χ0n) is 18.4. The van der Waals surface area contributed by atoms with Crippen LogP contribution < -0.4 is 10.2 Å². The lowest BCUT2D eigenvalue weighted by Gasteiger charge is -2.33. The minimum atomic E-state index is -0.0758. The first-order chi connectivity index (χ1) is 16.2. The molecule has 0 radical (unpaired) electrons. The lowest BCUT2D eigenvalue weighted by atomic mass is 10.0. The third-order valence-electron chi connectivity index (χ3n) is 6.46. The highest BCUT2D eigenvalue weighted by Gasteiger charge is 2.23. The van der Waals surface area contributed by atoms with Gasteiger partial charge in [-0.1, -0.05) is 24.3 Å². The van der Waals surface area contributed by atoms with E-state index in [1.165, 1.54) is 0 Å². The van der Waals surface area contributed by atoms with Gasteiger partial charge in [-0.3, -0.25) is 9.89 Å². The van der Waals surface area contributed by atoms with E-state index in [-0.39, 0.29) is 5.91 Å². The second-order valence-corrected chi connectivity index (χ2v) is 8.63. The number of aromatic amines is 1. The Bertz CT molecular complexity index is 1380. The number of likely N-dealkylation sites (N-methyl/N-ethyl adjacent to an activating group) is 1. The molecule has 0 bridgehead atoms. The molecule has 7 heteroatoms. The highest BCUT2D eigenvalue weighted by Crippen LogP contribution is 2.34. The minimum absolute atomic E-state index is 0.0758. The molecule has 4 aromatic rings. The third-order valence-corrected chi connectivity index (χ3v) is 6.46. The molecule has 1 fully saturated rings. The monoisotopic (exact) mass is 436 g/mol. The van der Waals surface area contributed by atoms with Crippen molar-refractivity contribution in [3.8, 4) is 11.3 Å². The van der Waals surface area contributed by atoms with Gasteiger partial charge in [-0.15, -0.1) is 0 Å². The quantitative estimate of drug-likeness (QED) is 0.477. The molecule has 2 aliphatic heterocycles. The number of piperazine rings is 1. The van der Waals surface area contributed by atoms with Gasteiger partial charge >= 0.3 is 0 Å². The van der Waals surface area contributed by atoms with Gasteiger partial charge in [0.15, 0.2) is 0 Å². The fraction of sp³-hybridized carbons (Fsp3) is 0.192. The van der Waals surface area contributed by atoms with Crippen LogP contribution in [0.3, 0.4) is 0 Å². The Labute approximate surface area is 191 Å². The number of para-hydroxylation sites is 1. The number of H-pyrrole nitrogens is 1. The SMILES string of the molecule is CN1CCN(c2ccc(-c3n[nH]c4cc(/C=C5/C(=O)Nc6ccccc65)ccc34)cn2)CC1. The average molecular weight is 437 g/mol. The summed E-state index contributed by atoms with van der Waals surface area (Å²) in [5, 5.41) is 11.6. The predicted octanol–water partition coefficient (Wildman–Crippen LogP) is 3.87. The number of pyridine rings is 1. The fourth-order valence-electron chi connectivity index (χ4n) is 4.54. The van der Waals surface area contributed by atoms with Crippen molar-refractivity contribution in [1.82, 2.24) is 20.1 Å². The van der Waals surface area contributed by atoms with Gasteiger partial charge in [0.1, 0.15) is 11.5 Å². The Morgan fingerprint density at radius 3 is 2.67 bits per heavy atom. The first-order valence-electron chi connectivity index (χ1n) is 11.2. The minimum Gasteiger partial charge on any atom is -0.354 e. The number of anilines is 2. The fourth-order valence-corrected chi connectivity index (χ4v) is 4.54. The van der Waals surface area contributed by atoms with E-state index in [1.807, 2.05) is 54.7 Å². The number of carbonyl (C=O) groups excluding carboxylic acids is 1. The summed E-state index contributed by atoms with van der Waals surface area (Å²) >= 11 is 0. The van der Waals surface area contributed by atoms with Gasteiger partial charge < -0.3 is 15.1 Å². The molecular formula is C26H24N6O. The van der Waals surface area contributed by atoms with E-state index < -0.39 is 0 Å². The summed E-state index contributed by atoms with van der Waals surface area (Å²) in [5.74, 6) is 0.934. The van der Waals surface area contributed by atoms with Crippen LogP contribution in [0.15, 0.2) is 60.8 Å². The smallest absolute Gasteiger partial charge is 0.256 e. The molecule has 1 amide bonds. The van der Waals surface area contributed by atoms with E-state index >= 15 is 0 Å². The average Bonchev–Trinajstić information content (AvgIpc) is 3.40. The van der Waals surface area contributed by atoms with E-state index in [4.69, 9.17) is 4.98 Å². The molecule has 2 aromatic carbocycles. The number of hydrogen-bond donors (Lipinski definition) is 2. The maximum Gasteiger partial charge on any atom is 0.256 e. The summed E-state index contributed by atoms with van der Waals surface area (Å²) in [6, 6.07) is 18.0. The number of aromatic nitrogens is 3. The lowest BCUT2D eigenvalue weighted by molar-refractivity contribution is -0.110. The molecule has 0 saturated carbocycles. The summed E-state index contributed by atoms with van der Waals surface area (Å²) in [6.45, 7) is 4.10. The van der Waals surface area contributed by atoms with E-state index in [0.717, 1.165) is 71.0 Å². The molecule has 6 rings (SSSR count). The van der Waals surface area contributed by atoms with Crippen molar-refractivity contribution in [3.63, 3.8) is 0 Å². The number of hydrogen-bond acceptors (Lipinski definition) is 5. The molecule has 33 heavy (non-hydrogen) atoms. The number of amides is 1. The lowest BCUT2D eigenvalue weighted by Crippen LogP contribution is -2.44. The molecule has 164 valence electrons. The van der Waals surface area contributed by atoms with Gasteiger partial charge in [-0.05, 0) is 49.0 Å². The molecular weight excluding hydrogens is 412 g/mol. The molecule has 2 aliphatic rings. The number of nitrogens with one attached hydrogen (secondary N) is 2. The largest absolute Gasteiger partial charge is 0.354 e. The second kappa shape index (κ2) is 7.86. The maximum atomic E-state index is 12.4. The molecule has 0 aliphatic carbocycles. The first-order valence-corrected chi connectivity index (χ1v) is 11.2. The van der Waals surface area contributed by atoms with Crippen LogP contribution in [0.25, 0.3) is 33.8 Å². The number of carbonyl (C=O) groups is 1. The van der Waals surface area contributed by atoms with Gasteiger partial charge in [-0.25, -0.2) is 4.98 Å². The maximum absolute atomic E-state index is 12.4. The van der Waals surface area contributed by atoms with Crippen molar-refractivity contribution in [2.24, 2.45) is 0 Å². The molecule has 7 nitrogen and oxygen atoms in total. The molecule has 0 spiro atoms. The van der Waals surface area contributed by atoms with Crippen LogP contribution in [0.1, 0.15) is 11.1 Å². The number of benzene rings is 2. The van der Waals surface area contributed by atoms with Crippen LogP contribution in [-0.4, -0.2) is 59.2 Å². The van der Waals surface area contributed by atoms with Gasteiger partial charge in [0.2, 0.25) is 0 Å². The number of fused-ring (bicyclic) bond motifs is 2. The van der Waals surface area contributed by atoms with E-state index in [1.54, 1.807) is 0 Å². The van der Waals surface area contributed by atoms with Crippen molar-refractivity contribution in [2.45, 2.75) is 0 Å². The topological polar surface area (TPSA) is 77.1 Å². The van der Waals surface area contributed by atoms with Crippen molar-refractivity contribution in [3.05, 3.63) is 71.9 Å². The molecule has 1 saturated heterocycles. The Kier molecular flexibility index (Phi) is 4.69. The van der Waals surface area contributed by atoms with Gasteiger partial charge in [-0.2, -0.15) is 5.10 Å². The molecule has 2 aromatic heterocycles. The number of rotatable bonds is 3. The zero-order valence-corrected chi connectivity index (χ0v) is 18.4. The van der Waals surface area contributed by atoms with Crippen LogP contribution in [0.5, 0.6) is 0 Å². The number of nitrogens with zero attached hydrogens (tertiary/aromatic N) is 4. The third kappa shape index (κ3) is 3.56. The normalized spacial score (nSPS) is 17.5. The Balaban J connectivity index is 1.28. The standard InChI is InChI=1S/C26H24N6O/c1-31-10-12-32(13-11-31)24-9-7-18(16-27-24)25-20-8-6-17(15-23(20)29-30-25)14-21-19-4-2-3-5-22(19)28-26(21)33/h2-9,14-16H,10-13H2,1H3,(H,28,33)(H,29,30)/b21-14+. The second-order valence-electron chi connectivity index (χ2n) is 8.63. The highest BCUT2D eigenvalue weighted by atomic mass is 16.2. The van der Waals surface area contributed by atoms with E-state index in [0.29, 0.717) is 5.57 Å². The Hall–Kier alpha value is -3.97. The van der Waals surface area contributed by atoms with Crippen LogP contribution >= 0.6 is 0 Å². The predicted molar refractivity (Wildman–Crippen MR) is 132 cm³/mol. The van der Waals surface area contributed by atoms with Gasteiger partial charge in [0.25, 0.3) is 5.91 Å². The van der Waals surface area contributed by atoms with Gasteiger partial charge in [0, 0.05) is 60.1 Å². The Morgan fingerprint density at radius 2 is 1.85 bits per heavy atom. The first kappa shape index (κ1) is 19.7. The summed E-state index contributed by atoms with van der Waals surface area (Å²) in [7, 11) is 2.15. The molecule has 4 heterocycles. The Morgan fingerprint density at radius 1 is 1.00 bits per heavy atom. The molecule has 2 N–H and O–H groups in total. The molecule has 0 unspecified atom stereocenters. The summed E-state index contributed by atoms with van der Waals surface area (Å²) in [4.78, 5) is 21.8. The highest BCUT2D eigenvalue weighted by molar-refractivity contribution is 6.34. The van der Waals surface area contributed by atoms with E-state index in [9.17, 15) is 4.79 Å². The summed E-state index contributed by atoms with van der Waals surface area (Å²) < 4.78 is 0. The van der Waals surface area contributed by atoms with Crippen molar-refractivity contribution >= 4 is 40.0 Å². The van der Waals surface area contributed by atoms with E-state index in [2.05, 4.69) is 44.5 Å². The van der Waals surface area contributed by atoms with Crippen LogP contribution in [0.2, 0.25) is 0 Å². The van der Waals surface area contributed by atoms with Crippen molar-refractivity contribution in [1.29, 1.82) is 0 Å². The van der Waals surface area contributed by atoms with Crippen molar-refractivity contribution < 1.29 is 4.79 Å². The zero-order chi connectivity index (χ0) is 22.4. The van der Waals surface area contributed by atoms with Crippen LogP contribution in [0, 0.1) is 0 Å². The molecule has 0 atom stereocenters. The van der Waals surface area contributed by atoms with Crippen LogP contribution in [0.4, 0.5) is 11.5 Å². The van der Waals surface area contributed by atoms with Gasteiger partial charge in [0.05, 0.1) is 5.52 Å².